The van der Waals surface area contributed by atoms with Crippen LogP contribution in [0.2, 0.25) is 0 Å². The number of halogens is 3. The first-order chi connectivity index (χ1) is 9.97. The quantitative estimate of drug-likeness (QED) is 0.905. The van der Waals surface area contributed by atoms with Gasteiger partial charge in [-0.25, -0.2) is 8.78 Å². The Morgan fingerprint density at radius 1 is 1.00 bits per heavy atom. The summed E-state index contributed by atoms with van der Waals surface area (Å²) in [5, 5.41) is 0. The molecule has 112 valence electrons. The highest BCUT2D eigenvalue weighted by Gasteiger charge is 2.20. The molecule has 1 atom stereocenters. The summed E-state index contributed by atoms with van der Waals surface area (Å²) in [6.45, 7) is 0. The van der Waals surface area contributed by atoms with E-state index < -0.39 is 17.7 Å². The number of hydrogen-bond donors (Lipinski definition) is 1. The topological polar surface area (TPSA) is 44.5 Å². The minimum absolute atomic E-state index is 0.180. The Kier molecular flexibility index (Phi) is 4.80. The van der Waals surface area contributed by atoms with Crippen LogP contribution in [-0.2, 0) is 0 Å². The zero-order chi connectivity index (χ0) is 15.6. The number of ether oxygens (including phenoxy) is 2. The Balaban J connectivity index is 2.53. The number of rotatable bonds is 4. The summed E-state index contributed by atoms with van der Waals surface area (Å²) in [4.78, 5) is 0. The molecular weight excluding hydrogens is 344 g/mol. The van der Waals surface area contributed by atoms with Gasteiger partial charge in [0, 0.05) is 17.2 Å². The van der Waals surface area contributed by atoms with Crippen molar-refractivity contribution in [3.8, 4) is 11.5 Å². The molecule has 0 aliphatic rings. The van der Waals surface area contributed by atoms with Gasteiger partial charge in [0.15, 0.2) is 0 Å². The second kappa shape index (κ2) is 6.41. The lowest BCUT2D eigenvalue weighted by molar-refractivity contribution is 0.394. The van der Waals surface area contributed by atoms with Crippen molar-refractivity contribution in [2.75, 3.05) is 14.2 Å². The van der Waals surface area contributed by atoms with E-state index in [0.717, 1.165) is 6.07 Å². The third-order valence-electron chi connectivity index (χ3n) is 3.14. The van der Waals surface area contributed by atoms with E-state index in [9.17, 15) is 8.78 Å². The predicted octanol–water partition coefficient (Wildman–Crippen LogP) is 3.79. The first-order valence-electron chi connectivity index (χ1n) is 6.10. The molecule has 0 spiro atoms. The van der Waals surface area contributed by atoms with E-state index in [2.05, 4.69) is 15.9 Å². The third-order valence-corrected chi connectivity index (χ3v) is 3.76. The molecule has 3 nitrogen and oxygen atoms in total. The molecule has 0 amide bonds. The summed E-state index contributed by atoms with van der Waals surface area (Å²) in [5.74, 6) is -0.321. The monoisotopic (exact) mass is 357 g/mol. The lowest BCUT2D eigenvalue weighted by Gasteiger charge is -2.18. The summed E-state index contributed by atoms with van der Waals surface area (Å²) < 4.78 is 38.1. The van der Waals surface area contributed by atoms with Crippen LogP contribution in [-0.4, -0.2) is 14.2 Å². The van der Waals surface area contributed by atoms with Crippen LogP contribution in [0.1, 0.15) is 17.2 Å². The van der Waals surface area contributed by atoms with Crippen molar-refractivity contribution in [2.45, 2.75) is 6.04 Å². The van der Waals surface area contributed by atoms with Crippen molar-refractivity contribution in [3.05, 3.63) is 57.6 Å². The van der Waals surface area contributed by atoms with E-state index in [1.165, 1.54) is 26.4 Å². The molecule has 0 saturated carbocycles. The average Bonchev–Trinajstić information content (AvgIpc) is 2.46. The standard InChI is InChI=1S/C15H14BrF2NO2/c1-20-13-7-11(16)14(21-2)6-10(13)15(19)9-4-3-8(17)5-12(9)18/h3-7,15H,19H2,1-2H3. The molecule has 0 bridgehead atoms. The molecule has 0 fully saturated rings. The van der Waals surface area contributed by atoms with Crippen LogP contribution in [0.15, 0.2) is 34.8 Å². The van der Waals surface area contributed by atoms with Crippen LogP contribution < -0.4 is 15.2 Å². The Morgan fingerprint density at radius 2 is 1.67 bits per heavy atom. The maximum atomic E-state index is 13.9. The molecule has 2 N–H and O–H groups in total. The second-order valence-corrected chi connectivity index (χ2v) is 5.23. The molecule has 0 radical (unpaired) electrons. The van der Waals surface area contributed by atoms with Gasteiger partial charge >= 0.3 is 0 Å². The number of nitrogens with two attached hydrogens (primary N) is 1. The molecular formula is C15H14BrF2NO2. The zero-order valence-corrected chi connectivity index (χ0v) is 13.1. The molecule has 1 unspecified atom stereocenters. The summed E-state index contributed by atoms with van der Waals surface area (Å²) in [7, 11) is 3.01. The van der Waals surface area contributed by atoms with E-state index in [1.54, 1.807) is 12.1 Å². The van der Waals surface area contributed by atoms with Crippen LogP contribution in [0.4, 0.5) is 8.78 Å². The average molecular weight is 358 g/mol. The highest BCUT2D eigenvalue weighted by molar-refractivity contribution is 9.10. The molecule has 21 heavy (non-hydrogen) atoms. The van der Waals surface area contributed by atoms with Gasteiger partial charge in [0.2, 0.25) is 0 Å². The van der Waals surface area contributed by atoms with Gasteiger partial charge in [-0.1, -0.05) is 6.07 Å². The van der Waals surface area contributed by atoms with Crippen molar-refractivity contribution < 1.29 is 18.3 Å². The van der Waals surface area contributed by atoms with Crippen LogP contribution in [0.25, 0.3) is 0 Å². The first-order valence-corrected chi connectivity index (χ1v) is 6.89. The van der Waals surface area contributed by atoms with Crippen molar-refractivity contribution in [1.82, 2.24) is 0 Å². The van der Waals surface area contributed by atoms with Gasteiger partial charge in [-0.05, 0) is 34.1 Å². The van der Waals surface area contributed by atoms with Gasteiger partial charge in [0.25, 0.3) is 0 Å². The fourth-order valence-corrected chi connectivity index (χ4v) is 2.53. The summed E-state index contributed by atoms with van der Waals surface area (Å²) in [6, 6.07) is 5.84. The number of hydrogen-bond acceptors (Lipinski definition) is 3. The molecule has 2 aromatic rings. The van der Waals surface area contributed by atoms with E-state index >= 15 is 0 Å². The maximum absolute atomic E-state index is 13.9. The largest absolute Gasteiger partial charge is 0.496 e. The third kappa shape index (κ3) is 3.16. The van der Waals surface area contributed by atoms with Crippen molar-refractivity contribution >= 4 is 15.9 Å². The van der Waals surface area contributed by atoms with Crippen LogP contribution >= 0.6 is 15.9 Å². The Hall–Kier alpha value is -1.66. The molecule has 0 aliphatic carbocycles. The zero-order valence-electron chi connectivity index (χ0n) is 11.5. The van der Waals surface area contributed by atoms with Crippen LogP contribution in [0, 0.1) is 11.6 Å². The molecule has 2 rings (SSSR count). The van der Waals surface area contributed by atoms with E-state index in [1.807, 2.05) is 0 Å². The molecule has 0 aromatic heterocycles. The maximum Gasteiger partial charge on any atom is 0.133 e. The van der Waals surface area contributed by atoms with Gasteiger partial charge in [-0.2, -0.15) is 0 Å². The van der Waals surface area contributed by atoms with Gasteiger partial charge < -0.3 is 15.2 Å². The summed E-state index contributed by atoms with van der Waals surface area (Å²) in [5.41, 5.74) is 6.83. The molecule has 0 aliphatic heterocycles. The Labute approximate surface area is 129 Å². The van der Waals surface area contributed by atoms with E-state index in [4.69, 9.17) is 15.2 Å². The Bertz CT molecular complexity index is 664. The lowest BCUT2D eigenvalue weighted by Crippen LogP contribution is -2.15. The fraction of sp³-hybridized carbons (Fsp3) is 0.200. The minimum atomic E-state index is -0.803. The minimum Gasteiger partial charge on any atom is -0.496 e. The van der Waals surface area contributed by atoms with E-state index in [-0.39, 0.29) is 5.56 Å². The molecule has 6 heteroatoms. The van der Waals surface area contributed by atoms with Crippen molar-refractivity contribution in [3.63, 3.8) is 0 Å². The Morgan fingerprint density at radius 3 is 2.24 bits per heavy atom. The first kappa shape index (κ1) is 15.7. The highest BCUT2D eigenvalue weighted by Crippen LogP contribution is 2.37. The summed E-state index contributed by atoms with van der Waals surface area (Å²) in [6.07, 6.45) is 0. The SMILES string of the molecule is COc1cc(C(N)c2ccc(F)cc2F)c(OC)cc1Br. The van der Waals surface area contributed by atoms with Gasteiger partial charge in [-0.15, -0.1) is 0 Å². The molecule has 2 aromatic carbocycles. The molecule has 0 heterocycles. The number of methoxy groups -OCH3 is 2. The second-order valence-electron chi connectivity index (χ2n) is 4.37. The van der Waals surface area contributed by atoms with Gasteiger partial charge in [0.1, 0.15) is 23.1 Å². The number of benzene rings is 2. The lowest BCUT2D eigenvalue weighted by atomic mass is 9.98. The van der Waals surface area contributed by atoms with Gasteiger partial charge in [-0.3, -0.25) is 0 Å². The highest BCUT2D eigenvalue weighted by atomic mass is 79.9. The fourth-order valence-electron chi connectivity index (χ4n) is 2.05. The van der Waals surface area contributed by atoms with Crippen molar-refractivity contribution in [2.24, 2.45) is 5.73 Å². The summed E-state index contributed by atoms with van der Waals surface area (Å²) >= 11 is 3.34. The van der Waals surface area contributed by atoms with Crippen LogP contribution in [0.3, 0.4) is 0 Å². The molecule has 0 saturated heterocycles. The smallest absolute Gasteiger partial charge is 0.133 e. The predicted molar refractivity (Wildman–Crippen MR) is 79.6 cm³/mol. The normalized spacial score (nSPS) is 12.1. The van der Waals surface area contributed by atoms with Crippen LogP contribution in [0.5, 0.6) is 11.5 Å². The van der Waals surface area contributed by atoms with Crippen molar-refractivity contribution in [1.29, 1.82) is 0 Å². The van der Waals surface area contributed by atoms with E-state index in [0.29, 0.717) is 21.5 Å². The van der Waals surface area contributed by atoms with Gasteiger partial charge in [0.05, 0.1) is 24.7 Å².